The molecule has 2 N–H and O–H groups in total. The molecule has 0 bridgehead atoms. The zero-order chi connectivity index (χ0) is 20.3. The number of hydrogen-bond acceptors (Lipinski definition) is 5. The van der Waals surface area contributed by atoms with Crippen LogP contribution in [0, 0.1) is 0 Å². The summed E-state index contributed by atoms with van der Waals surface area (Å²) in [5.41, 5.74) is 1.70. The summed E-state index contributed by atoms with van der Waals surface area (Å²) < 4.78 is 10.8. The number of carbonyl (C=O) groups is 2. The molecule has 2 heterocycles. The molecule has 0 aliphatic carbocycles. The zero-order valence-corrected chi connectivity index (χ0v) is 16.7. The van der Waals surface area contributed by atoms with Crippen LogP contribution in [0.5, 0.6) is 5.75 Å². The van der Waals surface area contributed by atoms with Crippen LogP contribution in [0.4, 0.5) is 10.6 Å². The lowest BCUT2D eigenvalue weighted by Gasteiger charge is -2.29. The quantitative estimate of drug-likeness (QED) is 0.840. The largest absolute Gasteiger partial charge is 0.494 e. The number of anilines is 1. The summed E-state index contributed by atoms with van der Waals surface area (Å²) in [6.45, 7) is 8.88. The minimum Gasteiger partial charge on any atom is -0.494 e. The van der Waals surface area contributed by atoms with Gasteiger partial charge in [0.1, 0.15) is 11.4 Å². The van der Waals surface area contributed by atoms with Gasteiger partial charge in [0.2, 0.25) is 0 Å². The van der Waals surface area contributed by atoms with Gasteiger partial charge in [0.05, 0.1) is 18.8 Å². The zero-order valence-electron chi connectivity index (χ0n) is 16.7. The smallest absolute Gasteiger partial charge is 0.410 e. The Morgan fingerprint density at radius 2 is 1.96 bits per heavy atom. The molecular formula is C20H26N4O4. The summed E-state index contributed by atoms with van der Waals surface area (Å²) in [5.74, 6) is 0.975. The van der Waals surface area contributed by atoms with E-state index >= 15 is 0 Å². The van der Waals surface area contributed by atoms with Crippen LogP contribution in [0.25, 0.3) is 0 Å². The summed E-state index contributed by atoms with van der Waals surface area (Å²) in [6.07, 6.45) is 0.233. The van der Waals surface area contributed by atoms with Crippen molar-refractivity contribution in [3.63, 3.8) is 0 Å². The van der Waals surface area contributed by atoms with Crippen molar-refractivity contribution in [2.45, 2.75) is 46.3 Å². The minimum absolute atomic E-state index is 0.244. The fourth-order valence-corrected chi connectivity index (χ4v) is 2.95. The molecule has 2 aromatic rings. The number of fused-ring (bicyclic) bond motifs is 1. The number of nitrogens with zero attached hydrogens (tertiary/aromatic N) is 2. The van der Waals surface area contributed by atoms with Gasteiger partial charge in [0.25, 0.3) is 5.91 Å². The molecule has 150 valence electrons. The highest BCUT2D eigenvalue weighted by Gasteiger charge is 2.28. The van der Waals surface area contributed by atoms with E-state index in [1.165, 1.54) is 0 Å². The number of nitrogens with one attached hydrogen (secondary N) is 2. The highest BCUT2D eigenvalue weighted by atomic mass is 16.6. The van der Waals surface area contributed by atoms with Crippen LogP contribution in [-0.4, -0.2) is 45.9 Å². The second kappa shape index (κ2) is 7.92. The van der Waals surface area contributed by atoms with Gasteiger partial charge in [0.15, 0.2) is 5.82 Å². The SMILES string of the molecule is CCOc1ccc(C(=O)Nc2n[nH]c3c2CCN(C(=O)OC(C)(C)C)C3)cc1. The molecule has 1 aromatic carbocycles. The van der Waals surface area contributed by atoms with Crippen molar-refractivity contribution in [1.82, 2.24) is 15.1 Å². The van der Waals surface area contributed by atoms with E-state index < -0.39 is 5.60 Å². The van der Waals surface area contributed by atoms with E-state index in [9.17, 15) is 9.59 Å². The highest BCUT2D eigenvalue weighted by Crippen LogP contribution is 2.25. The summed E-state index contributed by atoms with van der Waals surface area (Å²) in [6, 6.07) is 6.95. The Morgan fingerprint density at radius 3 is 2.61 bits per heavy atom. The first-order valence-electron chi connectivity index (χ1n) is 9.35. The summed E-state index contributed by atoms with van der Waals surface area (Å²) >= 11 is 0. The molecule has 0 saturated carbocycles. The Bertz CT molecular complexity index is 852. The summed E-state index contributed by atoms with van der Waals surface area (Å²) in [4.78, 5) is 26.4. The normalized spacial score (nSPS) is 13.6. The number of rotatable bonds is 4. The summed E-state index contributed by atoms with van der Waals surface area (Å²) in [5, 5.41) is 9.98. The second-order valence-corrected chi connectivity index (χ2v) is 7.59. The molecule has 1 aromatic heterocycles. The van der Waals surface area contributed by atoms with Crippen LogP contribution in [0.2, 0.25) is 0 Å². The van der Waals surface area contributed by atoms with Crippen molar-refractivity contribution in [2.75, 3.05) is 18.5 Å². The van der Waals surface area contributed by atoms with Crippen molar-refractivity contribution in [3.05, 3.63) is 41.1 Å². The minimum atomic E-state index is -0.539. The van der Waals surface area contributed by atoms with Gasteiger partial charge in [-0.3, -0.25) is 9.89 Å². The number of aromatic nitrogens is 2. The molecular weight excluding hydrogens is 360 g/mol. The van der Waals surface area contributed by atoms with Gasteiger partial charge in [-0.05, 0) is 58.4 Å². The number of carbonyl (C=O) groups excluding carboxylic acids is 2. The van der Waals surface area contributed by atoms with Gasteiger partial charge >= 0.3 is 6.09 Å². The van der Waals surface area contributed by atoms with Crippen LogP contribution in [0.15, 0.2) is 24.3 Å². The lowest BCUT2D eigenvalue weighted by Crippen LogP contribution is -2.39. The fourth-order valence-electron chi connectivity index (χ4n) is 2.95. The van der Waals surface area contributed by atoms with E-state index in [0.29, 0.717) is 37.5 Å². The van der Waals surface area contributed by atoms with E-state index in [1.54, 1.807) is 29.2 Å². The second-order valence-electron chi connectivity index (χ2n) is 7.59. The average molecular weight is 386 g/mol. The van der Waals surface area contributed by atoms with Gasteiger partial charge in [0, 0.05) is 17.7 Å². The maximum absolute atomic E-state index is 12.5. The first-order valence-corrected chi connectivity index (χ1v) is 9.35. The predicted molar refractivity (Wildman–Crippen MR) is 104 cm³/mol. The first kappa shape index (κ1) is 19.7. The fraction of sp³-hybridized carbons (Fsp3) is 0.450. The number of aromatic amines is 1. The van der Waals surface area contributed by atoms with E-state index in [4.69, 9.17) is 9.47 Å². The molecule has 28 heavy (non-hydrogen) atoms. The van der Waals surface area contributed by atoms with E-state index in [2.05, 4.69) is 15.5 Å². The van der Waals surface area contributed by atoms with Crippen molar-refractivity contribution in [1.29, 1.82) is 0 Å². The molecule has 0 atom stereocenters. The standard InChI is InChI=1S/C20H26N4O4/c1-5-27-14-8-6-13(7-9-14)18(25)21-17-15-10-11-24(12-16(15)22-23-17)19(26)28-20(2,3)4/h6-9H,5,10-12H2,1-4H3,(H2,21,22,23,25). The highest BCUT2D eigenvalue weighted by molar-refractivity contribution is 6.04. The average Bonchev–Trinajstić information content (AvgIpc) is 3.03. The lowest BCUT2D eigenvalue weighted by atomic mass is 10.1. The van der Waals surface area contributed by atoms with Crippen LogP contribution < -0.4 is 10.1 Å². The number of hydrogen-bond donors (Lipinski definition) is 2. The number of H-pyrrole nitrogens is 1. The van der Waals surface area contributed by atoms with Crippen molar-refractivity contribution >= 4 is 17.8 Å². The van der Waals surface area contributed by atoms with Gasteiger partial charge in [-0.25, -0.2) is 4.79 Å². The number of ether oxygens (including phenoxy) is 2. The number of amides is 2. The third-order valence-corrected chi connectivity index (χ3v) is 4.24. The monoisotopic (exact) mass is 386 g/mol. The van der Waals surface area contributed by atoms with Crippen LogP contribution in [0.1, 0.15) is 49.3 Å². The molecule has 8 nitrogen and oxygen atoms in total. The molecule has 0 radical (unpaired) electrons. The molecule has 0 saturated heterocycles. The summed E-state index contributed by atoms with van der Waals surface area (Å²) in [7, 11) is 0. The Kier molecular flexibility index (Phi) is 5.58. The van der Waals surface area contributed by atoms with Gasteiger partial charge in [-0.15, -0.1) is 0 Å². The molecule has 3 rings (SSSR count). The van der Waals surface area contributed by atoms with Gasteiger partial charge in [-0.2, -0.15) is 5.10 Å². The van der Waals surface area contributed by atoms with Crippen LogP contribution >= 0.6 is 0 Å². The van der Waals surface area contributed by atoms with Gasteiger partial charge in [-0.1, -0.05) is 0 Å². The molecule has 2 amide bonds. The topological polar surface area (TPSA) is 96.5 Å². The van der Waals surface area contributed by atoms with E-state index in [1.807, 2.05) is 27.7 Å². The third kappa shape index (κ3) is 4.62. The maximum atomic E-state index is 12.5. The van der Waals surface area contributed by atoms with Crippen LogP contribution in [0.3, 0.4) is 0 Å². The Labute approximate surface area is 164 Å². The molecule has 8 heteroatoms. The van der Waals surface area contributed by atoms with E-state index in [-0.39, 0.29) is 12.0 Å². The molecule has 0 fully saturated rings. The lowest BCUT2D eigenvalue weighted by molar-refractivity contribution is 0.0221. The Balaban J connectivity index is 1.65. The third-order valence-electron chi connectivity index (χ3n) is 4.24. The molecule has 0 unspecified atom stereocenters. The van der Waals surface area contributed by atoms with Crippen molar-refractivity contribution in [3.8, 4) is 5.75 Å². The molecule has 1 aliphatic rings. The number of benzene rings is 1. The van der Waals surface area contributed by atoms with E-state index in [0.717, 1.165) is 17.0 Å². The maximum Gasteiger partial charge on any atom is 0.410 e. The van der Waals surface area contributed by atoms with Crippen molar-refractivity contribution in [2.24, 2.45) is 0 Å². The molecule has 0 spiro atoms. The Morgan fingerprint density at radius 1 is 1.25 bits per heavy atom. The van der Waals surface area contributed by atoms with Gasteiger partial charge < -0.3 is 19.7 Å². The Hall–Kier alpha value is -3.03. The first-order chi connectivity index (χ1) is 13.3. The molecule has 1 aliphatic heterocycles. The van der Waals surface area contributed by atoms with Crippen molar-refractivity contribution < 1.29 is 19.1 Å². The van der Waals surface area contributed by atoms with Crippen LogP contribution in [-0.2, 0) is 17.7 Å². The predicted octanol–water partition coefficient (Wildman–Crippen LogP) is 3.35.